The number of benzene rings is 1. The van der Waals surface area contributed by atoms with Gasteiger partial charge in [0.2, 0.25) is 0 Å². The molecule has 8 nitrogen and oxygen atoms in total. The first kappa shape index (κ1) is 21.7. The van der Waals surface area contributed by atoms with Crippen LogP contribution in [0.25, 0.3) is 10.8 Å². The van der Waals surface area contributed by atoms with Gasteiger partial charge in [-0.15, -0.1) is 0 Å². The van der Waals surface area contributed by atoms with Crippen LogP contribution in [0.3, 0.4) is 0 Å². The number of piperazine rings is 1. The molecule has 162 valence electrons. The summed E-state index contributed by atoms with van der Waals surface area (Å²) in [5.41, 5.74) is 0.169. The molecule has 0 saturated carbocycles. The highest BCUT2D eigenvalue weighted by Crippen LogP contribution is 2.22. The zero-order valence-electron chi connectivity index (χ0n) is 18.0. The lowest BCUT2D eigenvalue weighted by molar-refractivity contribution is -0.143. The van der Waals surface area contributed by atoms with Gasteiger partial charge in [0.15, 0.2) is 0 Å². The summed E-state index contributed by atoms with van der Waals surface area (Å²) in [7, 11) is 0. The van der Waals surface area contributed by atoms with Gasteiger partial charge < -0.3 is 23.8 Å². The number of amides is 1. The average molecular weight is 415 g/mol. The van der Waals surface area contributed by atoms with Crippen molar-refractivity contribution in [3.05, 3.63) is 40.8 Å². The Kier molecular flexibility index (Phi) is 6.34. The third-order valence-corrected chi connectivity index (χ3v) is 4.86. The fourth-order valence-corrected chi connectivity index (χ4v) is 3.41. The number of hydrogen-bond donors (Lipinski definition) is 0. The first-order chi connectivity index (χ1) is 14.2. The number of ether oxygens (including phenoxy) is 2. The van der Waals surface area contributed by atoms with Crippen LogP contribution in [0.2, 0.25) is 0 Å². The molecular weight excluding hydrogens is 386 g/mol. The van der Waals surface area contributed by atoms with Crippen LogP contribution in [-0.2, 0) is 20.8 Å². The van der Waals surface area contributed by atoms with Crippen molar-refractivity contribution in [3.8, 4) is 0 Å². The van der Waals surface area contributed by atoms with Crippen molar-refractivity contribution in [1.29, 1.82) is 0 Å². The van der Waals surface area contributed by atoms with E-state index in [4.69, 9.17) is 9.47 Å². The second-order valence-corrected chi connectivity index (χ2v) is 8.28. The molecule has 0 N–H and O–H groups in total. The largest absolute Gasteiger partial charge is 0.465 e. The van der Waals surface area contributed by atoms with E-state index in [9.17, 15) is 14.4 Å². The number of carbonyl (C=O) groups is 2. The Morgan fingerprint density at radius 2 is 1.77 bits per heavy atom. The van der Waals surface area contributed by atoms with Gasteiger partial charge in [-0.25, -0.2) is 4.79 Å². The number of rotatable bonds is 4. The Labute approximate surface area is 176 Å². The Balaban J connectivity index is 1.74. The quantitative estimate of drug-likeness (QED) is 0.714. The molecule has 8 heteroatoms. The minimum atomic E-state index is -0.518. The lowest BCUT2D eigenvalue weighted by Crippen LogP contribution is -2.50. The molecule has 1 fully saturated rings. The molecule has 1 aliphatic rings. The topological polar surface area (TPSA) is 81.1 Å². The maximum Gasteiger partial charge on any atom is 0.410 e. The van der Waals surface area contributed by atoms with E-state index in [2.05, 4.69) is 4.90 Å². The number of carbonyl (C=O) groups excluding carboxylic acids is 2. The molecule has 1 amide bonds. The van der Waals surface area contributed by atoms with Crippen LogP contribution < -0.4 is 10.5 Å². The molecule has 30 heavy (non-hydrogen) atoms. The van der Waals surface area contributed by atoms with Crippen LogP contribution in [0, 0.1) is 0 Å². The summed E-state index contributed by atoms with van der Waals surface area (Å²) < 4.78 is 11.7. The van der Waals surface area contributed by atoms with Crippen LogP contribution in [0.4, 0.5) is 10.5 Å². The molecule has 0 bridgehead atoms. The zero-order valence-corrected chi connectivity index (χ0v) is 18.0. The average Bonchev–Trinajstić information content (AvgIpc) is 2.69. The predicted molar refractivity (Wildman–Crippen MR) is 115 cm³/mol. The number of aromatic nitrogens is 1. The zero-order chi connectivity index (χ0) is 21.9. The smallest absolute Gasteiger partial charge is 0.410 e. The first-order valence-corrected chi connectivity index (χ1v) is 10.2. The van der Waals surface area contributed by atoms with Crippen molar-refractivity contribution < 1.29 is 19.1 Å². The summed E-state index contributed by atoms with van der Waals surface area (Å²) in [5, 5.41) is 1.37. The first-order valence-electron chi connectivity index (χ1n) is 10.2. The van der Waals surface area contributed by atoms with Crippen molar-refractivity contribution in [1.82, 2.24) is 9.47 Å². The number of hydrogen-bond acceptors (Lipinski definition) is 6. The fraction of sp³-hybridized carbons (Fsp3) is 0.500. The van der Waals surface area contributed by atoms with Crippen LogP contribution in [-0.4, -0.2) is 59.9 Å². The van der Waals surface area contributed by atoms with Crippen molar-refractivity contribution in [3.63, 3.8) is 0 Å². The Hall–Kier alpha value is -3.03. The molecule has 0 unspecified atom stereocenters. The summed E-state index contributed by atoms with van der Waals surface area (Å²) >= 11 is 0. The molecule has 2 aromatic rings. The SMILES string of the molecule is CCOC(=O)Cn1ccc2ccc(N3CCN(C(=O)OC(C)(C)C)CC3)cc2c1=O. The maximum atomic E-state index is 12.8. The van der Waals surface area contributed by atoms with Gasteiger partial charge in [-0.1, -0.05) is 6.07 Å². The van der Waals surface area contributed by atoms with E-state index in [-0.39, 0.29) is 24.8 Å². The number of nitrogens with zero attached hydrogens (tertiary/aromatic N) is 3. The number of esters is 1. The van der Waals surface area contributed by atoms with E-state index in [0.717, 1.165) is 11.1 Å². The lowest BCUT2D eigenvalue weighted by Gasteiger charge is -2.36. The highest BCUT2D eigenvalue weighted by molar-refractivity contribution is 5.85. The Morgan fingerprint density at radius 1 is 1.07 bits per heavy atom. The summed E-state index contributed by atoms with van der Waals surface area (Å²) in [4.78, 5) is 40.7. The summed E-state index contributed by atoms with van der Waals surface area (Å²) in [6.45, 7) is 9.85. The van der Waals surface area contributed by atoms with Crippen molar-refractivity contribution in [2.24, 2.45) is 0 Å². The van der Waals surface area contributed by atoms with Gasteiger partial charge in [0.05, 0.1) is 6.61 Å². The highest BCUT2D eigenvalue weighted by atomic mass is 16.6. The number of pyridine rings is 1. The molecule has 3 rings (SSSR count). The monoisotopic (exact) mass is 415 g/mol. The molecule has 1 aromatic carbocycles. The summed E-state index contributed by atoms with van der Waals surface area (Å²) in [5.74, 6) is -0.437. The van der Waals surface area contributed by atoms with E-state index < -0.39 is 11.6 Å². The molecule has 0 radical (unpaired) electrons. The molecule has 2 heterocycles. The van der Waals surface area contributed by atoms with Crippen LogP contribution in [0.1, 0.15) is 27.7 Å². The minimum absolute atomic E-state index is 0.110. The van der Waals surface area contributed by atoms with Crippen LogP contribution >= 0.6 is 0 Å². The minimum Gasteiger partial charge on any atom is -0.465 e. The molecule has 1 aromatic heterocycles. The van der Waals surface area contributed by atoms with Crippen molar-refractivity contribution in [2.75, 3.05) is 37.7 Å². The standard InChI is InChI=1S/C22H29N3O5/c1-5-29-19(26)15-25-9-8-16-6-7-17(14-18(16)20(25)27)23-10-12-24(13-11-23)21(28)30-22(2,3)4/h6-9,14H,5,10-13,15H2,1-4H3. The van der Waals surface area contributed by atoms with Gasteiger partial charge in [-0.2, -0.15) is 0 Å². The second kappa shape index (κ2) is 8.77. The normalized spacial score (nSPS) is 14.7. The second-order valence-electron chi connectivity index (χ2n) is 8.28. The Morgan fingerprint density at radius 3 is 2.40 bits per heavy atom. The van der Waals surface area contributed by atoms with Crippen LogP contribution in [0.5, 0.6) is 0 Å². The predicted octanol–water partition coefficient (Wildman–Crippen LogP) is 2.62. The molecule has 0 aliphatic carbocycles. The van der Waals surface area contributed by atoms with E-state index in [1.54, 1.807) is 18.0 Å². The molecule has 1 aliphatic heterocycles. The molecule has 0 spiro atoms. The van der Waals surface area contributed by atoms with Gasteiger partial charge in [-0.3, -0.25) is 9.59 Å². The fourth-order valence-electron chi connectivity index (χ4n) is 3.41. The van der Waals surface area contributed by atoms with E-state index in [0.29, 0.717) is 31.6 Å². The number of anilines is 1. The van der Waals surface area contributed by atoms with E-state index >= 15 is 0 Å². The van der Waals surface area contributed by atoms with Gasteiger partial charge >= 0.3 is 12.1 Å². The summed E-state index contributed by atoms with van der Waals surface area (Å²) in [6.07, 6.45) is 1.31. The van der Waals surface area contributed by atoms with Crippen molar-refractivity contribution >= 4 is 28.5 Å². The van der Waals surface area contributed by atoms with E-state index in [1.807, 2.05) is 45.0 Å². The van der Waals surface area contributed by atoms with Gasteiger partial charge in [0.25, 0.3) is 5.56 Å². The lowest BCUT2D eigenvalue weighted by atomic mass is 10.1. The van der Waals surface area contributed by atoms with E-state index in [1.165, 1.54) is 4.57 Å². The van der Waals surface area contributed by atoms with Gasteiger partial charge in [-0.05, 0) is 51.3 Å². The highest BCUT2D eigenvalue weighted by Gasteiger charge is 2.26. The third kappa shape index (κ3) is 5.11. The summed E-state index contributed by atoms with van der Waals surface area (Å²) in [6, 6.07) is 7.55. The molecule has 1 saturated heterocycles. The number of fused-ring (bicyclic) bond motifs is 1. The molecular formula is C22H29N3O5. The third-order valence-electron chi connectivity index (χ3n) is 4.86. The molecule has 0 atom stereocenters. The van der Waals surface area contributed by atoms with Gasteiger partial charge in [0, 0.05) is 43.4 Å². The van der Waals surface area contributed by atoms with Crippen molar-refractivity contribution in [2.45, 2.75) is 39.8 Å². The van der Waals surface area contributed by atoms with Gasteiger partial charge in [0.1, 0.15) is 12.1 Å². The van der Waals surface area contributed by atoms with Crippen LogP contribution in [0.15, 0.2) is 35.3 Å². The Bertz CT molecular complexity index is 984. The maximum absolute atomic E-state index is 12.8.